The van der Waals surface area contributed by atoms with E-state index in [1.54, 1.807) is 0 Å². The molecule has 3 nitrogen and oxygen atoms in total. The van der Waals surface area contributed by atoms with Crippen molar-refractivity contribution in [3.05, 3.63) is 0 Å². The fourth-order valence-electron chi connectivity index (χ4n) is 2.76. The highest BCUT2D eigenvalue weighted by atomic mass is 16.7. The van der Waals surface area contributed by atoms with E-state index < -0.39 is 6.16 Å². The molecule has 0 aliphatic carbocycles. The van der Waals surface area contributed by atoms with Gasteiger partial charge in [0, 0.05) is 0 Å². The van der Waals surface area contributed by atoms with Crippen LogP contribution in [0.2, 0.25) is 0 Å². The first-order valence-corrected chi connectivity index (χ1v) is 9.10. The Morgan fingerprint density at radius 3 is 1.67 bits per heavy atom. The van der Waals surface area contributed by atoms with Crippen LogP contribution in [0.25, 0.3) is 0 Å². The summed E-state index contributed by atoms with van der Waals surface area (Å²) in [5.74, 6) is 0. The zero-order valence-corrected chi connectivity index (χ0v) is 14.2. The average Bonchev–Trinajstić information content (AvgIpc) is 2.44. The van der Waals surface area contributed by atoms with Crippen LogP contribution in [0.3, 0.4) is 0 Å². The van der Waals surface area contributed by atoms with Gasteiger partial charge in [0.25, 0.3) is 0 Å². The summed E-state index contributed by atoms with van der Waals surface area (Å²) < 4.78 is 4.90. The van der Waals surface area contributed by atoms with E-state index in [1.165, 1.54) is 64.2 Å². The van der Waals surface area contributed by atoms with Gasteiger partial charge in [-0.1, -0.05) is 84.5 Å². The molecule has 0 aromatic carbocycles. The van der Waals surface area contributed by atoms with Crippen LogP contribution in [-0.2, 0) is 4.74 Å². The van der Waals surface area contributed by atoms with Crippen LogP contribution >= 0.6 is 0 Å². The maximum Gasteiger partial charge on any atom is 0.506 e. The van der Waals surface area contributed by atoms with Crippen molar-refractivity contribution in [2.45, 2.75) is 110 Å². The van der Waals surface area contributed by atoms with Crippen molar-refractivity contribution in [1.82, 2.24) is 0 Å². The van der Waals surface area contributed by atoms with Gasteiger partial charge in [-0.15, -0.1) is 0 Å². The number of carboxylic acid groups (broad SMARTS) is 1. The molecule has 0 radical (unpaired) electrons. The number of hydrogen-bond donors (Lipinski definition) is 1. The molecule has 0 saturated heterocycles. The topological polar surface area (TPSA) is 46.5 Å². The Bertz CT molecular complexity index is 229. The summed E-state index contributed by atoms with van der Waals surface area (Å²) in [5, 5.41) is 8.67. The van der Waals surface area contributed by atoms with Gasteiger partial charge in [-0.05, 0) is 19.3 Å². The molecule has 0 aromatic rings. The van der Waals surface area contributed by atoms with Crippen molar-refractivity contribution in [3.63, 3.8) is 0 Å². The van der Waals surface area contributed by atoms with Crippen LogP contribution in [0.15, 0.2) is 0 Å². The third kappa shape index (κ3) is 15.5. The van der Waals surface area contributed by atoms with E-state index in [9.17, 15) is 4.79 Å². The number of carbonyl (C=O) groups is 1. The second-order valence-electron chi connectivity index (χ2n) is 6.12. The molecule has 0 aliphatic rings. The normalized spacial score (nSPS) is 12.3. The quantitative estimate of drug-likeness (QED) is 0.275. The molecule has 0 bridgehead atoms. The zero-order chi connectivity index (χ0) is 15.8. The first-order valence-electron chi connectivity index (χ1n) is 9.10. The van der Waals surface area contributed by atoms with Crippen molar-refractivity contribution in [1.29, 1.82) is 0 Å². The van der Waals surface area contributed by atoms with Gasteiger partial charge < -0.3 is 9.84 Å². The molecule has 0 fully saturated rings. The lowest BCUT2D eigenvalue weighted by molar-refractivity contribution is 0.0431. The minimum absolute atomic E-state index is 0.0916. The molecule has 1 unspecified atom stereocenters. The van der Waals surface area contributed by atoms with E-state index in [-0.39, 0.29) is 6.10 Å². The Hall–Kier alpha value is -0.730. The molecule has 0 heterocycles. The Labute approximate surface area is 131 Å². The molecular weight excluding hydrogens is 264 g/mol. The summed E-state index contributed by atoms with van der Waals surface area (Å²) in [6.45, 7) is 4.32. The molecule has 3 heteroatoms. The van der Waals surface area contributed by atoms with Crippen molar-refractivity contribution in [3.8, 4) is 0 Å². The zero-order valence-electron chi connectivity index (χ0n) is 14.2. The number of unbranched alkanes of at least 4 members (excludes halogenated alkanes) is 10. The molecule has 1 N–H and O–H groups in total. The lowest BCUT2D eigenvalue weighted by atomic mass is 10.0. The largest absolute Gasteiger partial charge is 0.506 e. The maximum atomic E-state index is 10.6. The van der Waals surface area contributed by atoms with Crippen molar-refractivity contribution < 1.29 is 14.6 Å². The summed E-state index contributed by atoms with van der Waals surface area (Å²) in [5.41, 5.74) is 0. The second kappa shape index (κ2) is 15.7. The molecule has 0 amide bonds. The predicted octanol–water partition coefficient (Wildman–Crippen LogP) is 6.55. The van der Waals surface area contributed by atoms with E-state index in [0.29, 0.717) is 0 Å². The fraction of sp³-hybridized carbons (Fsp3) is 0.944. The third-order valence-electron chi connectivity index (χ3n) is 4.01. The minimum atomic E-state index is -1.13. The second-order valence-corrected chi connectivity index (χ2v) is 6.12. The first kappa shape index (κ1) is 20.3. The molecule has 21 heavy (non-hydrogen) atoms. The highest BCUT2D eigenvalue weighted by Gasteiger charge is 2.11. The fourth-order valence-corrected chi connectivity index (χ4v) is 2.76. The van der Waals surface area contributed by atoms with Gasteiger partial charge in [-0.3, -0.25) is 0 Å². The van der Waals surface area contributed by atoms with Gasteiger partial charge in [-0.25, -0.2) is 4.79 Å². The highest BCUT2D eigenvalue weighted by molar-refractivity contribution is 5.57. The van der Waals surface area contributed by atoms with Crippen LogP contribution in [0, 0.1) is 0 Å². The lowest BCUT2D eigenvalue weighted by Crippen LogP contribution is -2.16. The Morgan fingerprint density at radius 2 is 1.24 bits per heavy atom. The van der Waals surface area contributed by atoms with Crippen molar-refractivity contribution in [2.24, 2.45) is 0 Å². The third-order valence-corrected chi connectivity index (χ3v) is 4.01. The monoisotopic (exact) mass is 300 g/mol. The lowest BCUT2D eigenvalue weighted by Gasteiger charge is -2.14. The SMILES string of the molecule is CCCCCCCCCCCCCC(CCC)OC(=O)O. The molecule has 0 spiro atoms. The van der Waals surface area contributed by atoms with Crippen LogP contribution in [0.4, 0.5) is 4.79 Å². The minimum Gasteiger partial charge on any atom is -0.450 e. The van der Waals surface area contributed by atoms with Gasteiger partial charge in [0.2, 0.25) is 0 Å². The van der Waals surface area contributed by atoms with Crippen molar-refractivity contribution >= 4 is 6.16 Å². The number of ether oxygens (including phenoxy) is 1. The summed E-state index contributed by atoms with van der Waals surface area (Å²) in [6.07, 6.45) is 16.0. The molecule has 0 rings (SSSR count). The number of hydrogen-bond acceptors (Lipinski definition) is 2. The highest BCUT2D eigenvalue weighted by Crippen LogP contribution is 2.15. The van der Waals surface area contributed by atoms with Gasteiger partial charge >= 0.3 is 6.16 Å². The van der Waals surface area contributed by atoms with Crippen LogP contribution in [0.1, 0.15) is 104 Å². The van der Waals surface area contributed by atoms with E-state index in [4.69, 9.17) is 9.84 Å². The van der Waals surface area contributed by atoms with Crippen LogP contribution < -0.4 is 0 Å². The summed E-state index contributed by atoms with van der Waals surface area (Å²) in [6, 6.07) is 0. The van der Waals surface area contributed by atoms with Crippen LogP contribution in [0.5, 0.6) is 0 Å². The Morgan fingerprint density at radius 1 is 0.762 bits per heavy atom. The van der Waals surface area contributed by atoms with Gasteiger partial charge in [-0.2, -0.15) is 0 Å². The molecule has 1 atom stereocenters. The molecule has 0 saturated carbocycles. The van der Waals surface area contributed by atoms with E-state index in [2.05, 4.69) is 13.8 Å². The smallest absolute Gasteiger partial charge is 0.450 e. The van der Waals surface area contributed by atoms with Crippen molar-refractivity contribution in [2.75, 3.05) is 0 Å². The van der Waals surface area contributed by atoms with E-state index >= 15 is 0 Å². The van der Waals surface area contributed by atoms with E-state index in [0.717, 1.165) is 25.7 Å². The summed E-state index contributed by atoms with van der Waals surface area (Å²) >= 11 is 0. The maximum absolute atomic E-state index is 10.6. The van der Waals surface area contributed by atoms with Crippen LogP contribution in [-0.4, -0.2) is 17.4 Å². The standard InChI is InChI=1S/C18H36O3/c1-3-5-6-7-8-9-10-11-12-13-14-16-17(15-4-2)21-18(19)20/h17H,3-16H2,1-2H3,(H,19,20). The first-order chi connectivity index (χ1) is 10.2. The van der Waals surface area contributed by atoms with E-state index in [1.807, 2.05) is 0 Å². The average molecular weight is 300 g/mol. The predicted molar refractivity (Wildman–Crippen MR) is 88.9 cm³/mol. The molecule has 0 aliphatic heterocycles. The molecule has 126 valence electrons. The summed E-state index contributed by atoms with van der Waals surface area (Å²) in [7, 11) is 0. The number of rotatable bonds is 15. The van der Waals surface area contributed by atoms with Gasteiger partial charge in [0.05, 0.1) is 0 Å². The molecule has 0 aromatic heterocycles. The Balaban J connectivity index is 3.31. The molecular formula is C18H36O3. The Kier molecular flexibility index (Phi) is 15.1. The van der Waals surface area contributed by atoms with Gasteiger partial charge in [0.15, 0.2) is 0 Å². The summed E-state index contributed by atoms with van der Waals surface area (Å²) in [4.78, 5) is 10.6. The van der Waals surface area contributed by atoms with Gasteiger partial charge in [0.1, 0.15) is 6.10 Å².